The smallest absolute Gasteiger partial charge is 0.374 e. The topological polar surface area (TPSA) is 79.7 Å². The van der Waals surface area contributed by atoms with E-state index in [9.17, 15) is 0 Å². The maximum atomic E-state index is 5.88. The lowest BCUT2D eigenvalue weighted by molar-refractivity contribution is 0.0408. The fraction of sp³-hybridized carbons (Fsp3) is 1.00. The minimum atomic E-state index is -2.56. The van der Waals surface area contributed by atoms with Gasteiger partial charge in [0.1, 0.15) is 0 Å². The van der Waals surface area contributed by atoms with E-state index in [0.29, 0.717) is 26.3 Å². The van der Waals surface area contributed by atoms with Crippen molar-refractivity contribution in [3.8, 4) is 0 Å². The van der Waals surface area contributed by atoms with Gasteiger partial charge in [0.05, 0.1) is 6.10 Å². The van der Waals surface area contributed by atoms with Crippen molar-refractivity contribution in [2.75, 3.05) is 26.3 Å². The van der Waals surface area contributed by atoms with E-state index in [-0.39, 0.29) is 6.10 Å². The van der Waals surface area contributed by atoms with Gasteiger partial charge in [0.15, 0.2) is 0 Å². The lowest BCUT2D eigenvalue weighted by atomic mass is 10.4. The van der Waals surface area contributed by atoms with Crippen LogP contribution in [0.5, 0.6) is 0 Å². The second-order valence-corrected chi connectivity index (χ2v) is 6.28. The molecule has 0 heterocycles. The van der Waals surface area contributed by atoms with Gasteiger partial charge in [-0.15, -0.1) is 0 Å². The quantitative estimate of drug-likeness (QED) is 0.558. The zero-order chi connectivity index (χ0) is 12.4. The molecule has 0 rings (SSSR count). The van der Waals surface area contributed by atoms with Gasteiger partial charge in [-0.05, 0) is 33.7 Å². The zero-order valence-corrected chi connectivity index (χ0v) is 11.7. The third-order valence-electron chi connectivity index (χ3n) is 2.13. The van der Waals surface area contributed by atoms with Crippen LogP contribution in [0.2, 0.25) is 6.04 Å². The molecule has 0 saturated carbocycles. The van der Waals surface area contributed by atoms with Crippen LogP contribution in [0.15, 0.2) is 0 Å². The molecule has 98 valence electrons. The summed E-state index contributed by atoms with van der Waals surface area (Å²) in [4.78, 5) is 0. The molecule has 6 heteroatoms. The highest BCUT2D eigenvalue weighted by atomic mass is 28.4. The van der Waals surface area contributed by atoms with Crippen LogP contribution in [0.25, 0.3) is 0 Å². The summed E-state index contributed by atoms with van der Waals surface area (Å²) in [6.07, 6.45) is 0.811. The SMILES string of the molecule is CCO[Si](CCCN)(OCC)OC(C)CN. The fourth-order valence-electron chi connectivity index (χ4n) is 1.43. The predicted octanol–water partition coefficient (Wildman–Crippen LogP) is 0.711. The second kappa shape index (κ2) is 9.09. The van der Waals surface area contributed by atoms with Gasteiger partial charge in [-0.1, -0.05) is 0 Å². The average Bonchev–Trinajstić information content (AvgIpc) is 2.27. The van der Waals surface area contributed by atoms with Gasteiger partial charge in [0.25, 0.3) is 0 Å². The molecule has 0 radical (unpaired) electrons. The summed E-state index contributed by atoms with van der Waals surface area (Å²) in [6, 6.07) is 0.759. The number of hydrogen-bond donors (Lipinski definition) is 2. The van der Waals surface area contributed by atoms with Crippen LogP contribution in [0.1, 0.15) is 27.2 Å². The molecular weight excluding hydrogens is 224 g/mol. The molecule has 0 bridgehead atoms. The normalized spacial score (nSPS) is 14.1. The molecule has 0 aliphatic rings. The van der Waals surface area contributed by atoms with Gasteiger partial charge < -0.3 is 24.7 Å². The van der Waals surface area contributed by atoms with E-state index in [1.807, 2.05) is 20.8 Å². The van der Waals surface area contributed by atoms with Crippen LogP contribution in [-0.4, -0.2) is 41.2 Å². The van der Waals surface area contributed by atoms with Crippen molar-refractivity contribution < 1.29 is 13.3 Å². The number of rotatable bonds is 10. The highest BCUT2D eigenvalue weighted by Gasteiger charge is 2.41. The Labute approximate surface area is 99.8 Å². The molecule has 0 spiro atoms. The minimum absolute atomic E-state index is 0.0393. The molecular formula is C10H26N2O3Si. The standard InChI is InChI=1S/C10H26N2O3Si/c1-4-13-16(14-5-2,8-6-7-11)15-10(3)9-12/h10H,4-9,11-12H2,1-3H3. The Balaban J connectivity index is 4.48. The molecule has 0 amide bonds. The van der Waals surface area contributed by atoms with E-state index in [1.165, 1.54) is 0 Å². The lowest BCUT2D eigenvalue weighted by Crippen LogP contribution is -2.49. The van der Waals surface area contributed by atoms with Gasteiger partial charge in [-0.3, -0.25) is 0 Å². The summed E-state index contributed by atoms with van der Waals surface area (Å²) in [6.45, 7) is 8.09. The van der Waals surface area contributed by atoms with Crippen molar-refractivity contribution in [3.63, 3.8) is 0 Å². The average molecular weight is 250 g/mol. The van der Waals surface area contributed by atoms with Gasteiger partial charge in [0, 0.05) is 25.8 Å². The second-order valence-electron chi connectivity index (χ2n) is 3.61. The Bertz CT molecular complexity index is 166. The molecule has 0 aliphatic heterocycles. The number of hydrogen-bond acceptors (Lipinski definition) is 5. The van der Waals surface area contributed by atoms with Crippen molar-refractivity contribution in [2.45, 2.75) is 39.3 Å². The van der Waals surface area contributed by atoms with Crippen molar-refractivity contribution in [1.82, 2.24) is 0 Å². The van der Waals surface area contributed by atoms with Crippen LogP contribution in [-0.2, 0) is 13.3 Å². The summed E-state index contributed by atoms with van der Waals surface area (Å²) in [5.74, 6) is 0. The summed E-state index contributed by atoms with van der Waals surface area (Å²) in [5, 5.41) is 0. The monoisotopic (exact) mass is 250 g/mol. The highest BCUT2D eigenvalue weighted by Crippen LogP contribution is 2.19. The van der Waals surface area contributed by atoms with E-state index < -0.39 is 8.80 Å². The molecule has 0 saturated heterocycles. The molecule has 1 atom stereocenters. The van der Waals surface area contributed by atoms with Crippen LogP contribution in [0.4, 0.5) is 0 Å². The first-order valence-corrected chi connectivity index (χ1v) is 7.93. The first-order chi connectivity index (χ1) is 7.64. The summed E-state index contributed by atoms with van der Waals surface area (Å²) < 4.78 is 17.3. The van der Waals surface area contributed by atoms with Crippen molar-refractivity contribution in [2.24, 2.45) is 11.5 Å². The van der Waals surface area contributed by atoms with Crippen molar-refractivity contribution >= 4 is 8.80 Å². The fourth-order valence-corrected chi connectivity index (χ4v) is 4.28. The molecule has 16 heavy (non-hydrogen) atoms. The van der Waals surface area contributed by atoms with Crippen molar-refractivity contribution in [3.05, 3.63) is 0 Å². The Morgan fingerprint density at radius 3 is 2.06 bits per heavy atom. The third-order valence-corrected chi connectivity index (χ3v) is 5.31. The lowest BCUT2D eigenvalue weighted by Gasteiger charge is -2.31. The first-order valence-electron chi connectivity index (χ1n) is 6.00. The van der Waals surface area contributed by atoms with Crippen LogP contribution in [0.3, 0.4) is 0 Å². The van der Waals surface area contributed by atoms with E-state index in [2.05, 4.69) is 0 Å². The maximum Gasteiger partial charge on any atom is 0.501 e. The van der Waals surface area contributed by atoms with Gasteiger partial charge in [-0.25, -0.2) is 0 Å². The molecule has 0 fully saturated rings. The molecule has 0 aliphatic carbocycles. The van der Waals surface area contributed by atoms with Crippen LogP contribution < -0.4 is 11.5 Å². The Kier molecular flexibility index (Phi) is 9.10. The summed E-state index contributed by atoms with van der Waals surface area (Å²) >= 11 is 0. The predicted molar refractivity (Wildman–Crippen MR) is 67.1 cm³/mol. The Morgan fingerprint density at radius 2 is 1.69 bits per heavy atom. The molecule has 0 aromatic heterocycles. The van der Waals surface area contributed by atoms with Gasteiger partial charge in [0.2, 0.25) is 0 Å². The highest BCUT2D eigenvalue weighted by molar-refractivity contribution is 6.60. The Morgan fingerprint density at radius 1 is 1.12 bits per heavy atom. The molecule has 4 N–H and O–H groups in total. The minimum Gasteiger partial charge on any atom is -0.374 e. The van der Waals surface area contributed by atoms with Crippen LogP contribution >= 0.6 is 0 Å². The van der Waals surface area contributed by atoms with E-state index in [4.69, 9.17) is 24.7 Å². The first kappa shape index (κ1) is 16.0. The van der Waals surface area contributed by atoms with Gasteiger partial charge in [-0.2, -0.15) is 0 Å². The molecule has 1 unspecified atom stereocenters. The summed E-state index contributed by atoms with van der Waals surface area (Å²) in [5.41, 5.74) is 11.1. The number of nitrogens with two attached hydrogens (primary N) is 2. The van der Waals surface area contributed by atoms with Crippen LogP contribution in [0, 0.1) is 0 Å². The van der Waals surface area contributed by atoms with Gasteiger partial charge >= 0.3 is 8.80 Å². The van der Waals surface area contributed by atoms with Crippen molar-refractivity contribution in [1.29, 1.82) is 0 Å². The largest absolute Gasteiger partial charge is 0.501 e. The molecule has 0 aromatic carbocycles. The third kappa shape index (κ3) is 5.93. The Hall–Kier alpha value is 0.0169. The molecule has 0 aromatic rings. The molecule has 5 nitrogen and oxygen atoms in total. The summed E-state index contributed by atoms with van der Waals surface area (Å²) in [7, 11) is -2.56. The maximum absolute atomic E-state index is 5.88. The van der Waals surface area contributed by atoms with E-state index in [1.54, 1.807) is 0 Å². The van der Waals surface area contributed by atoms with E-state index >= 15 is 0 Å². The van der Waals surface area contributed by atoms with E-state index in [0.717, 1.165) is 12.5 Å². The zero-order valence-electron chi connectivity index (χ0n) is 10.7.